The number of methoxy groups -OCH3 is 1. The minimum atomic E-state index is 0.543. The molecule has 0 saturated heterocycles. The summed E-state index contributed by atoms with van der Waals surface area (Å²) in [7, 11) is 1.67. The van der Waals surface area contributed by atoms with E-state index in [1.165, 1.54) is 5.56 Å². The maximum Gasteiger partial charge on any atom is 0.142 e. The highest BCUT2D eigenvalue weighted by Gasteiger charge is 2.04. The zero-order valence-corrected chi connectivity index (χ0v) is 11.9. The van der Waals surface area contributed by atoms with Crippen molar-refractivity contribution in [2.24, 2.45) is 0 Å². The molecule has 4 nitrogen and oxygen atoms in total. The van der Waals surface area contributed by atoms with Crippen LogP contribution in [-0.2, 0) is 11.3 Å². The Balaban J connectivity index is 2.02. The zero-order valence-electron chi connectivity index (χ0n) is 11.9. The normalized spacial score (nSPS) is 10.3. The van der Waals surface area contributed by atoms with E-state index in [1.807, 2.05) is 37.4 Å². The molecule has 0 unspecified atom stereocenters. The minimum Gasteiger partial charge on any atom is -0.489 e. The lowest BCUT2D eigenvalue weighted by Gasteiger charge is -2.14. The van der Waals surface area contributed by atoms with E-state index in [0.29, 0.717) is 13.2 Å². The summed E-state index contributed by atoms with van der Waals surface area (Å²) in [5.74, 6) is 0.853. The molecule has 0 bridgehead atoms. The fourth-order valence-electron chi connectivity index (χ4n) is 1.83. The summed E-state index contributed by atoms with van der Waals surface area (Å²) in [6.45, 7) is 3.89. The Morgan fingerprint density at radius 1 is 1.20 bits per heavy atom. The van der Waals surface area contributed by atoms with Crippen molar-refractivity contribution >= 4 is 5.69 Å². The molecule has 0 radical (unpaired) electrons. The van der Waals surface area contributed by atoms with Crippen LogP contribution in [0.3, 0.4) is 0 Å². The van der Waals surface area contributed by atoms with Crippen LogP contribution in [0.25, 0.3) is 0 Å². The summed E-state index contributed by atoms with van der Waals surface area (Å²) < 4.78 is 10.8. The first-order chi connectivity index (χ1) is 9.79. The predicted octanol–water partition coefficient (Wildman–Crippen LogP) is 3.03. The van der Waals surface area contributed by atoms with Gasteiger partial charge in [-0.25, -0.2) is 0 Å². The average molecular weight is 272 g/mol. The lowest BCUT2D eigenvalue weighted by atomic mass is 10.2. The van der Waals surface area contributed by atoms with Gasteiger partial charge in [0.25, 0.3) is 0 Å². The van der Waals surface area contributed by atoms with E-state index in [9.17, 15) is 0 Å². The van der Waals surface area contributed by atoms with Gasteiger partial charge in [-0.2, -0.15) is 0 Å². The number of nitrogens with zero attached hydrogens (tertiary/aromatic N) is 1. The number of pyridine rings is 1. The molecule has 0 saturated carbocycles. The fraction of sp³-hybridized carbons (Fsp3) is 0.312. The minimum absolute atomic E-state index is 0.543. The lowest BCUT2D eigenvalue weighted by Crippen LogP contribution is -2.07. The number of aryl methyl sites for hydroxylation is 1. The van der Waals surface area contributed by atoms with E-state index in [-0.39, 0.29) is 0 Å². The maximum atomic E-state index is 5.74. The van der Waals surface area contributed by atoms with Crippen molar-refractivity contribution in [3.05, 3.63) is 53.9 Å². The van der Waals surface area contributed by atoms with Gasteiger partial charge in [0.1, 0.15) is 12.4 Å². The van der Waals surface area contributed by atoms with Crippen molar-refractivity contribution in [3.63, 3.8) is 0 Å². The Labute approximate surface area is 119 Å². The Bertz CT molecular complexity index is 529. The van der Waals surface area contributed by atoms with Gasteiger partial charge < -0.3 is 14.8 Å². The van der Waals surface area contributed by atoms with Crippen molar-refractivity contribution in [1.82, 2.24) is 4.98 Å². The number of ether oxygens (including phenoxy) is 2. The van der Waals surface area contributed by atoms with Gasteiger partial charge in [0.2, 0.25) is 0 Å². The second-order valence-corrected chi connectivity index (χ2v) is 4.56. The van der Waals surface area contributed by atoms with Gasteiger partial charge in [-0.15, -0.1) is 0 Å². The molecule has 1 N–H and O–H groups in total. The van der Waals surface area contributed by atoms with E-state index < -0.39 is 0 Å². The Kier molecular flexibility index (Phi) is 5.38. The molecule has 0 atom stereocenters. The second kappa shape index (κ2) is 7.50. The Morgan fingerprint density at radius 3 is 2.85 bits per heavy atom. The van der Waals surface area contributed by atoms with Crippen LogP contribution < -0.4 is 10.1 Å². The quantitative estimate of drug-likeness (QED) is 0.787. The summed E-state index contributed by atoms with van der Waals surface area (Å²) in [4.78, 5) is 4.11. The zero-order chi connectivity index (χ0) is 14.2. The highest BCUT2D eigenvalue weighted by atomic mass is 16.5. The van der Waals surface area contributed by atoms with Gasteiger partial charge >= 0.3 is 0 Å². The summed E-state index contributed by atoms with van der Waals surface area (Å²) >= 11 is 0. The highest BCUT2D eigenvalue weighted by Crippen LogP contribution is 2.26. The molecule has 4 heteroatoms. The maximum absolute atomic E-state index is 5.74. The van der Waals surface area contributed by atoms with Gasteiger partial charge in [0, 0.05) is 26.0 Å². The first-order valence-electron chi connectivity index (χ1n) is 6.65. The molecule has 0 fully saturated rings. The largest absolute Gasteiger partial charge is 0.489 e. The molecular formula is C16H20N2O2. The van der Waals surface area contributed by atoms with Crippen LogP contribution in [0.15, 0.2) is 42.7 Å². The SMILES string of the molecule is COCCOc1cc(C)ccc1NCc1cccnc1. The third-order valence-corrected chi connectivity index (χ3v) is 2.89. The number of aromatic nitrogens is 1. The molecule has 2 aromatic rings. The standard InChI is InChI=1S/C16H20N2O2/c1-13-5-6-15(16(10-13)20-9-8-19-2)18-12-14-4-3-7-17-11-14/h3-7,10-11,18H,8-9,12H2,1-2H3. The van der Waals surface area contributed by atoms with Crippen LogP contribution in [0.5, 0.6) is 5.75 Å². The molecular weight excluding hydrogens is 252 g/mol. The van der Waals surface area contributed by atoms with Crippen LogP contribution in [0.1, 0.15) is 11.1 Å². The summed E-state index contributed by atoms with van der Waals surface area (Å²) in [6, 6.07) is 10.1. The monoisotopic (exact) mass is 272 g/mol. The summed E-state index contributed by atoms with van der Waals surface area (Å²) in [5.41, 5.74) is 3.29. The molecule has 0 aliphatic heterocycles. The number of rotatable bonds is 7. The molecule has 0 amide bonds. The van der Waals surface area contributed by atoms with Crippen molar-refractivity contribution in [3.8, 4) is 5.75 Å². The van der Waals surface area contributed by atoms with Crippen molar-refractivity contribution < 1.29 is 9.47 Å². The molecule has 1 aromatic carbocycles. The molecule has 0 aliphatic rings. The Hall–Kier alpha value is -2.07. The smallest absolute Gasteiger partial charge is 0.142 e. The first kappa shape index (κ1) is 14.3. The number of anilines is 1. The molecule has 106 valence electrons. The lowest BCUT2D eigenvalue weighted by molar-refractivity contribution is 0.146. The van der Waals surface area contributed by atoms with Crippen LogP contribution in [-0.4, -0.2) is 25.3 Å². The highest BCUT2D eigenvalue weighted by molar-refractivity contribution is 5.57. The topological polar surface area (TPSA) is 43.4 Å². The van der Waals surface area contributed by atoms with Crippen LogP contribution >= 0.6 is 0 Å². The molecule has 0 spiro atoms. The molecule has 1 aromatic heterocycles. The van der Waals surface area contributed by atoms with Gasteiger partial charge in [-0.1, -0.05) is 12.1 Å². The number of hydrogen-bond donors (Lipinski definition) is 1. The van der Waals surface area contributed by atoms with Crippen molar-refractivity contribution in [1.29, 1.82) is 0 Å². The summed E-state index contributed by atoms with van der Waals surface area (Å²) in [5, 5.41) is 3.38. The molecule has 20 heavy (non-hydrogen) atoms. The third-order valence-electron chi connectivity index (χ3n) is 2.89. The number of benzene rings is 1. The van der Waals surface area contributed by atoms with Crippen molar-refractivity contribution in [2.75, 3.05) is 25.6 Å². The number of hydrogen-bond acceptors (Lipinski definition) is 4. The second-order valence-electron chi connectivity index (χ2n) is 4.56. The van der Waals surface area contributed by atoms with Crippen LogP contribution in [0.2, 0.25) is 0 Å². The van der Waals surface area contributed by atoms with Gasteiger partial charge in [0.05, 0.1) is 12.3 Å². The molecule has 1 heterocycles. The molecule has 2 rings (SSSR count). The third kappa shape index (κ3) is 4.24. The van der Waals surface area contributed by atoms with Gasteiger partial charge in [-0.05, 0) is 36.2 Å². The fourth-order valence-corrected chi connectivity index (χ4v) is 1.83. The van der Waals surface area contributed by atoms with E-state index in [2.05, 4.69) is 16.4 Å². The van der Waals surface area contributed by atoms with Crippen molar-refractivity contribution in [2.45, 2.75) is 13.5 Å². The van der Waals surface area contributed by atoms with Gasteiger partial charge in [-0.3, -0.25) is 4.98 Å². The van der Waals surface area contributed by atoms with Gasteiger partial charge in [0.15, 0.2) is 0 Å². The first-order valence-corrected chi connectivity index (χ1v) is 6.65. The summed E-state index contributed by atoms with van der Waals surface area (Å²) in [6.07, 6.45) is 3.63. The van der Waals surface area contributed by atoms with E-state index in [4.69, 9.17) is 9.47 Å². The number of nitrogens with one attached hydrogen (secondary N) is 1. The average Bonchev–Trinajstić information content (AvgIpc) is 2.48. The van der Waals surface area contributed by atoms with Crippen LogP contribution in [0, 0.1) is 6.92 Å². The Morgan fingerprint density at radius 2 is 2.10 bits per heavy atom. The van der Waals surface area contributed by atoms with E-state index in [1.54, 1.807) is 13.3 Å². The molecule has 0 aliphatic carbocycles. The van der Waals surface area contributed by atoms with E-state index in [0.717, 1.165) is 23.5 Å². The predicted molar refractivity (Wildman–Crippen MR) is 80.1 cm³/mol. The van der Waals surface area contributed by atoms with E-state index >= 15 is 0 Å². The van der Waals surface area contributed by atoms with Crippen LogP contribution in [0.4, 0.5) is 5.69 Å².